The average molecular weight is 306 g/mol. The Hall–Kier alpha value is -2.10. The zero-order valence-corrected chi connectivity index (χ0v) is 12.4. The number of rotatable bonds is 4. The molecule has 0 aliphatic carbocycles. The van der Waals surface area contributed by atoms with Crippen LogP contribution < -0.4 is 0 Å². The van der Waals surface area contributed by atoms with E-state index in [1.165, 1.54) is 6.33 Å². The van der Waals surface area contributed by atoms with Crippen molar-refractivity contribution in [1.82, 2.24) is 24.4 Å². The van der Waals surface area contributed by atoms with Crippen LogP contribution in [0.2, 0.25) is 0 Å². The number of fused-ring (bicyclic) bond motifs is 1. The van der Waals surface area contributed by atoms with Crippen LogP contribution in [-0.2, 0) is 4.74 Å². The predicted octanol–water partition coefficient (Wildman–Crippen LogP) is -0.312. The van der Waals surface area contributed by atoms with Gasteiger partial charge in [-0.1, -0.05) is 0 Å². The molecule has 0 unspecified atom stereocenters. The fourth-order valence-electron chi connectivity index (χ4n) is 2.37. The van der Waals surface area contributed by atoms with E-state index in [4.69, 9.17) is 4.74 Å². The third-order valence-electron chi connectivity index (χ3n) is 3.44. The minimum Gasteiger partial charge on any atom is -0.394 e. The zero-order valence-electron chi connectivity index (χ0n) is 12.4. The number of aliphatic hydroxyl groups excluding tert-OH is 2. The van der Waals surface area contributed by atoms with E-state index in [2.05, 4.69) is 19.9 Å². The SMILES string of the molecule is CN(C)/C=N/c1ncnc2c1ncn2[C@H]1C[C@@H](O)[C@@H](CO)O1. The van der Waals surface area contributed by atoms with Crippen LogP contribution in [0.3, 0.4) is 0 Å². The van der Waals surface area contributed by atoms with Crippen LogP contribution in [0.4, 0.5) is 5.82 Å². The summed E-state index contributed by atoms with van der Waals surface area (Å²) in [6.07, 6.45) is 3.30. The summed E-state index contributed by atoms with van der Waals surface area (Å²) in [5, 5.41) is 19.0. The van der Waals surface area contributed by atoms with E-state index < -0.39 is 18.4 Å². The van der Waals surface area contributed by atoms with Gasteiger partial charge in [-0.15, -0.1) is 0 Å². The van der Waals surface area contributed by atoms with E-state index in [9.17, 15) is 10.2 Å². The summed E-state index contributed by atoms with van der Waals surface area (Å²) in [6, 6.07) is 0. The van der Waals surface area contributed by atoms with E-state index in [0.717, 1.165) is 0 Å². The fraction of sp³-hybridized carbons (Fsp3) is 0.538. The summed E-state index contributed by atoms with van der Waals surface area (Å²) in [4.78, 5) is 18.7. The Morgan fingerprint density at radius 3 is 2.95 bits per heavy atom. The Bertz CT molecular complexity index is 685. The van der Waals surface area contributed by atoms with Crippen LogP contribution in [0.5, 0.6) is 0 Å². The van der Waals surface area contributed by atoms with Crippen LogP contribution >= 0.6 is 0 Å². The van der Waals surface area contributed by atoms with Crippen molar-refractivity contribution in [1.29, 1.82) is 0 Å². The van der Waals surface area contributed by atoms with Gasteiger partial charge in [-0.25, -0.2) is 19.9 Å². The first-order chi connectivity index (χ1) is 10.6. The lowest BCUT2D eigenvalue weighted by atomic mass is 10.2. The predicted molar refractivity (Wildman–Crippen MR) is 78.8 cm³/mol. The van der Waals surface area contributed by atoms with Crippen LogP contribution in [0, 0.1) is 0 Å². The van der Waals surface area contributed by atoms with Crippen molar-refractivity contribution >= 4 is 23.3 Å². The molecule has 0 spiro atoms. The second kappa shape index (κ2) is 5.95. The molecule has 1 saturated heterocycles. The van der Waals surface area contributed by atoms with Crippen molar-refractivity contribution in [3.63, 3.8) is 0 Å². The summed E-state index contributed by atoms with van der Waals surface area (Å²) < 4.78 is 7.36. The summed E-state index contributed by atoms with van der Waals surface area (Å²) >= 11 is 0. The Labute approximate surface area is 126 Å². The summed E-state index contributed by atoms with van der Waals surface area (Å²) in [5.74, 6) is 0.467. The first-order valence-corrected chi connectivity index (χ1v) is 6.92. The molecule has 0 aromatic carbocycles. The van der Waals surface area contributed by atoms with Crippen molar-refractivity contribution in [3.05, 3.63) is 12.7 Å². The molecule has 0 bridgehead atoms. The van der Waals surface area contributed by atoms with Crippen LogP contribution in [0.15, 0.2) is 17.6 Å². The van der Waals surface area contributed by atoms with Crippen molar-refractivity contribution in [2.45, 2.75) is 24.9 Å². The van der Waals surface area contributed by atoms with Crippen molar-refractivity contribution < 1.29 is 14.9 Å². The quantitative estimate of drug-likeness (QED) is 0.589. The lowest BCUT2D eigenvalue weighted by Crippen LogP contribution is -2.24. The molecule has 22 heavy (non-hydrogen) atoms. The summed E-state index contributed by atoms with van der Waals surface area (Å²) in [6.45, 7) is -0.225. The topological polar surface area (TPSA) is 109 Å². The van der Waals surface area contributed by atoms with Crippen LogP contribution in [0.1, 0.15) is 12.6 Å². The first kappa shape index (κ1) is 14.8. The smallest absolute Gasteiger partial charge is 0.184 e. The van der Waals surface area contributed by atoms with Gasteiger partial charge in [0.15, 0.2) is 17.0 Å². The highest BCUT2D eigenvalue weighted by molar-refractivity contribution is 5.82. The maximum absolute atomic E-state index is 9.85. The van der Waals surface area contributed by atoms with Gasteiger partial charge in [0.1, 0.15) is 18.7 Å². The molecular formula is C13H18N6O3. The number of aromatic nitrogens is 4. The lowest BCUT2D eigenvalue weighted by molar-refractivity contribution is -0.0432. The molecule has 0 saturated carbocycles. The molecule has 2 N–H and O–H groups in total. The zero-order chi connectivity index (χ0) is 15.7. The number of hydrogen-bond acceptors (Lipinski definition) is 7. The van der Waals surface area contributed by atoms with E-state index >= 15 is 0 Å². The van der Waals surface area contributed by atoms with Gasteiger partial charge >= 0.3 is 0 Å². The highest BCUT2D eigenvalue weighted by Crippen LogP contribution is 2.31. The van der Waals surface area contributed by atoms with Crippen molar-refractivity contribution in [2.24, 2.45) is 4.99 Å². The van der Waals surface area contributed by atoms with Crippen LogP contribution in [0.25, 0.3) is 11.2 Å². The molecule has 3 rings (SSSR count). The number of hydrogen-bond donors (Lipinski definition) is 2. The van der Waals surface area contributed by atoms with E-state index in [-0.39, 0.29) is 6.61 Å². The summed E-state index contributed by atoms with van der Waals surface area (Å²) in [5.41, 5.74) is 1.14. The van der Waals surface area contributed by atoms with Crippen LogP contribution in [-0.4, -0.2) is 73.9 Å². The Morgan fingerprint density at radius 1 is 1.45 bits per heavy atom. The third-order valence-corrected chi connectivity index (χ3v) is 3.44. The Morgan fingerprint density at radius 2 is 2.27 bits per heavy atom. The van der Waals surface area contributed by atoms with Crippen molar-refractivity contribution in [2.75, 3.05) is 20.7 Å². The minimum atomic E-state index is -0.708. The van der Waals surface area contributed by atoms with Gasteiger partial charge in [0.25, 0.3) is 0 Å². The van der Waals surface area contributed by atoms with E-state index in [1.54, 1.807) is 22.1 Å². The Balaban J connectivity index is 1.95. The molecule has 1 aliphatic heterocycles. The molecule has 0 radical (unpaired) electrons. The fourth-order valence-corrected chi connectivity index (χ4v) is 2.37. The lowest BCUT2D eigenvalue weighted by Gasteiger charge is -2.13. The van der Waals surface area contributed by atoms with Gasteiger partial charge in [0.05, 0.1) is 25.4 Å². The summed E-state index contributed by atoms with van der Waals surface area (Å²) in [7, 11) is 3.73. The van der Waals surface area contributed by atoms with Gasteiger partial charge in [0, 0.05) is 20.5 Å². The molecule has 9 heteroatoms. The molecule has 9 nitrogen and oxygen atoms in total. The molecule has 2 aromatic heterocycles. The number of ether oxygens (including phenoxy) is 1. The molecule has 1 fully saturated rings. The largest absolute Gasteiger partial charge is 0.394 e. The molecule has 2 aromatic rings. The second-order valence-electron chi connectivity index (χ2n) is 5.34. The third kappa shape index (κ3) is 2.65. The number of imidazole rings is 1. The molecule has 0 amide bonds. The Kier molecular flexibility index (Phi) is 4.01. The average Bonchev–Trinajstić information content (AvgIpc) is 3.08. The monoisotopic (exact) mass is 306 g/mol. The van der Waals surface area contributed by atoms with Gasteiger partial charge in [-0.3, -0.25) is 4.57 Å². The number of aliphatic hydroxyl groups is 2. The highest BCUT2D eigenvalue weighted by Gasteiger charge is 2.35. The molecular weight excluding hydrogens is 288 g/mol. The molecule has 118 valence electrons. The van der Waals surface area contributed by atoms with Crippen molar-refractivity contribution in [3.8, 4) is 0 Å². The molecule has 3 heterocycles. The maximum Gasteiger partial charge on any atom is 0.184 e. The minimum absolute atomic E-state index is 0.225. The van der Waals surface area contributed by atoms with Gasteiger partial charge in [-0.2, -0.15) is 0 Å². The highest BCUT2D eigenvalue weighted by atomic mass is 16.5. The van der Waals surface area contributed by atoms with E-state index in [0.29, 0.717) is 23.4 Å². The molecule has 3 atom stereocenters. The first-order valence-electron chi connectivity index (χ1n) is 6.92. The maximum atomic E-state index is 9.85. The van der Waals surface area contributed by atoms with Gasteiger partial charge in [0.2, 0.25) is 0 Å². The van der Waals surface area contributed by atoms with Gasteiger partial charge < -0.3 is 19.8 Å². The number of aliphatic imine (C=N–C) groups is 1. The number of nitrogens with zero attached hydrogens (tertiary/aromatic N) is 6. The normalized spacial score (nSPS) is 25.4. The second-order valence-corrected chi connectivity index (χ2v) is 5.34. The van der Waals surface area contributed by atoms with Gasteiger partial charge in [-0.05, 0) is 0 Å². The molecule has 1 aliphatic rings. The van der Waals surface area contributed by atoms with E-state index in [1.807, 2.05) is 14.1 Å². The standard InChI is InChI=1S/C13H18N6O3/c1-18(2)6-17-12-11-13(15-5-14-12)19(7-16-11)10-3-8(21)9(4-20)22-10/h5-10,20-21H,3-4H2,1-2H3/b17-6+/t8-,9-,10-/m1/s1.